The average molecular weight is 319 g/mol. The van der Waals surface area contributed by atoms with Crippen molar-refractivity contribution in [3.63, 3.8) is 0 Å². The maximum atomic E-state index is 12.0. The molecule has 6 heteroatoms. The fourth-order valence-electron chi connectivity index (χ4n) is 3.33. The maximum absolute atomic E-state index is 12.0. The second-order valence-electron chi connectivity index (χ2n) is 6.43. The molecule has 1 amide bonds. The lowest BCUT2D eigenvalue weighted by atomic mass is 10.1. The first-order valence-electron chi connectivity index (χ1n) is 8.43. The number of hydrogen-bond acceptors (Lipinski definition) is 5. The minimum absolute atomic E-state index is 0.103. The van der Waals surface area contributed by atoms with E-state index in [9.17, 15) is 9.90 Å². The highest BCUT2D eigenvalue weighted by atomic mass is 16.5. The van der Waals surface area contributed by atoms with Crippen molar-refractivity contribution in [2.75, 3.05) is 13.2 Å². The SMILES string of the molecule is O=C(NC[C@H]1OC[C@@H](NCc2ccncc2)[C@@H]1O)C1CCCC1. The summed E-state index contributed by atoms with van der Waals surface area (Å²) in [5.41, 5.74) is 1.12. The molecule has 1 saturated carbocycles. The van der Waals surface area contributed by atoms with Crippen LogP contribution >= 0.6 is 0 Å². The predicted molar refractivity (Wildman–Crippen MR) is 85.6 cm³/mol. The number of aromatic nitrogens is 1. The molecule has 2 heterocycles. The number of aliphatic hydroxyl groups excluding tert-OH is 1. The molecule has 3 N–H and O–H groups in total. The van der Waals surface area contributed by atoms with Gasteiger partial charge in [-0.3, -0.25) is 9.78 Å². The number of nitrogens with one attached hydrogen (secondary N) is 2. The predicted octanol–water partition coefficient (Wildman–Crippen LogP) is 0.606. The second kappa shape index (κ2) is 7.86. The number of carbonyl (C=O) groups is 1. The molecule has 1 aliphatic heterocycles. The van der Waals surface area contributed by atoms with Crippen molar-refractivity contribution in [3.05, 3.63) is 30.1 Å². The summed E-state index contributed by atoms with van der Waals surface area (Å²) in [5, 5.41) is 16.6. The first-order chi connectivity index (χ1) is 11.2. The molecule has 2 fully saturated rings. The molecular weight excluding hydrogens is 294 g/mol. The molecule has 6 nitrogen and oxygen atoms in total. The smallest absolute Gasteiger partial charge is 0.223 e. The Balaban J connectivity index is 1.41. The van der Waals surface area contributed by atoms with Gasteiger partial charge in [0.05, 0.1) is 18.8 Å². The van der Waals surface area contributed by atoms with Crippen LogP contribution in [-0.2, 0) is 16.1 Å². The highest BCUT2D eigenvalue weighted by Crippen LogP contribution is 2.24. The summed E-state index contributed by atoms with van der Waals surface area (Å²) in [4.78, 5) is 16.0. The molecule has 2 aliphatic rings. The van der Waals surface area contributed by atoms with E-state index < -0.39 is 6.10 Å². The van der Waals surface area contributed by atoms with Crippen molar-refractivity contribution in [1.82, 2.24) is 15.6 Å². The van der Waals surface area contributed by atoms with Crippen molar-refractivity contribution < 1.29 is 14.6 Å². The van der Waals surface area contributed by atoms with Crippen molar-refractivity contribution in [1.29, 1.82) is 0 Å². The van der Waals surface area contributed by atoms with E-state index in [2.05, 4.69) is 15.6 Å². The third-order valence-electron chi connectivity index (χ3n) is 4.80. The number of pyridine rings is 1. The van der Waals surface area contributed by atoms with Crippen LogP contribution in [0.5, 0.6) is 0 Å². The molecule has 3 atom stereocenters. The number of amides is 1. The number of carbonyl (C=O) groups excluding carboxylic acids is 1. The summed E-state index contributed by atoms with van der Waals surface area (Å²) >= 11 is 0. The molecule has 1 aliphatic carbocycles. The lowest BCUT2D eigenvalue weighted by molar-refractivity contribution is -0.125. The van der Waals surface area contributed by atoms with Gasteiger partial charge in [-0.25, -0.2) is 0 Å². The van der Waals surface area contributed by atoms with Gasteiger partial charge in [0.2, 0.25) is 5.91 Å². The Morgan fingerprint density at radius 2 is 2.04 bits per heavy atom. The summed E-state index contributed by atoms with van der Waals surface area (Å²) in [6.07, 6.45) is 6.80. The molecule has 1 saturated heterocycles. The van der Waals surface area contributed by atoms with Gasteiger partial charge in [-0.15, -0.1) is 0 Å². The van der Waals surface area contributed by atoms with Crippen molar-refractivity contribution >= 4 is 5.91 Å². The Kier molecular flexibility index (Phi) is 5.59. The molecule has 1 aromatic rings. The van der Waals surface area contributed by atoms with Crippen LogP contribution in [-0.4, -0.2) is 47.4 Å². The summed E-state index contributed by atoms with van der Waals surface area (Å²) in [5.74, 6) is 0.251. The highest BCUT2D eigenvalue weighted by Gasteiger charge is 2.36. The molecule has 0 spiro atoms. The van der Waals surface area contributed by atoms with Crippen molar-refractivity contribution in [2.45, 2.75) is 50.5 Å². The minimum Gasteiger partial charge on any atom is -0.389 e. The Hall–Kier alpha value is -1.50. The lowest BCUT2D eigenvalue weighted by Gasteiger charge is -2.19. The van der Waals surface area contributed by atoms with Crippen LogP contribution < -0.4 is 10.6 Å². The van der Waals surface area contributed by atoms with Gasteiger partial charge in [0, 0.05) is 31.4 Å². The maximum Gasteiger partial charge on any atom is 0.223 e. The molecule has 0 unspecified atom stereocenters. The van der Waals surface area contributed by atoms with E-state index in [0.29, 0.717) is 19.7 Å². The van der Waals surface area contributed by atoms with Gasteiger partial charge < -0.3 is 20.5 Å². The summed E-state index contributed by atoms with van der Waals surface area (Å²) < 4.78 is 5.64. The van der Waals surface area contributed by atoms with Crippen LogP contribution in [0.15, 0.2) is 24.5 Å². The van der Waals surface area contributed by atoms with Gasteiger partial charge in [-0.1, -0.05) is 12.8 Å². The Bertz CT molecular complexity index is 505. The first kappa shape index (κ1) is 16.4. The lowest BCUT2D eigenvalue weighted by Crippen LogP contribution is -2.45. The van der Waals surface area contributed by atoms with Crippen LogP contribution in [0.1, 0.15) is 31.2 Å². The monoisotopic (exact) mass is 319 g/mol. The average Bonchev–Trinajstić information content (AvgIpc) is 3.22. The molecule has 1 aromatic heterocycles. The number of rotatable bonds is 6. The van der Waals surface area contributed by atoms with E-state index in [1.807, 2.05) is 12.1 Å². The molecular formula is C17H25N3O3. The zero-order valence-electron chi connectivity index (χ0n) is 13.3. The first-order valence-corrected chi connectivity index (χ1v) is 8.43. The largest absolute Gasteiger partial charge is 0.389 e. The number of hydrogen-bond donors (Lipinski definition) is 3. The van der Waals surface area contributed by atoms with Gasteiger partial charge in [-0.05, 0) is 30.5 Å². The third kappa shape index (κ3) is 4.28. The summed E-state index contributed by atoms with van der Waals surface area (Å²) in [7, 11) is 0. The van der Waals surface area contributed by atoms with Gasteiger partial charge in [0.1, 0.15) is 6.10 Å². The van der Waals surface area contributed by atoms with E-state index >= 15 is 0 Å². The van der Waals surface area contributed by atoms with Gasteiger partial charge >= 0.3 is 0 Å². The number of nitrogens with zero attached hydrogens (tertiary/aromatic N) is 1. The van der Waals surface area contributed by atoms with E-state index in [1.54, 1.807) is 12.4 Å². The van der Waals surface area contributed by atoms with Gasteiger partial charge in [0.15, 0.2) is 0 Å². The minimum atomic E-state index is -0.610. The second-order valence-corrected chi connectivity index (χ2v) is 6.43. The summed E-state index contributed by atoms with van der Waals surface area (Å²) in [6.45, 7) is 1.49. The van der Waals surface area contributed by atoms with E-state index in [1.165, 1.54) is 0 Å². The fraction of sp³-hybridized carbons (Fsp3) is 0.647. The summed E-state index contributed by atoms with van der Waals surface area (Å²) in [6, 6.07) is 3.76. The molecule has 126 valence electrons. The Morgan fingerprint density at radius 1 is 1.30 bits per heavy atom. The van der Waals surface area contributed by atoms with E-state index in [0.717, 1.165) is 31.2 Å². The topological polar surface area (TPSA) is 83.5 Å². The molecule has 23 heavy (non-hydrogen) atoms. The van der Waals surface area contributed by atoms with Gasteiger partial charge in [-0.2, -0.15) is 0 Å². The zero-order valence-corrected chi connectivity index (χ0v) is 13.3. The van der Waals surface area contributed by atoms with Crippen LogP contribution in [0.4, 0.5) is 0 Å². The Labute approximate surface area is 136 Å². The van der Waals surface area contributed by atoms with Crippen molar-refractivity contribution in [3.8, 4) is 0 Å². The van der Waals surface area contributed by atoms with Crippen molar-refractivity contribution in [2.24, 2.45) is 5.92 Å². The fourth-order valence-corrected chi connectivity index (χ4v) is 3.33. The van der Waals surface area contributed by atoms with Gasteiger partial charge in [0.25, 0.3) is 0 Å². The quantitative estimate of drug-likeness (QED) is 0.715. The molecule has 0 aromatic carbocycles. The number of aliphatic hydroxyl groups is 1. The molecule has 3 rings (SSSR count). The van der Waals surface area contributed by atoms with Crippen LogP contribution in [0.3, 0.4) is 0 Å². The normalized spacial score (nSPS) is 28.1. The standard InChI is InChI=1S/C17H25N3O3/c21-16-14(19-9-12-5-7-18-8-6-12)11-23-15(16)10-20-17(22)13-3-1-2-4-13/h5-8,13-16,19,21H,1-4,9-11H2,(H,20,22)/t14-,15-,16+/m1/s1. The van der Waals surface area contributed by atoms with Crippen LogP contribution in [0, 0.1) is 5.92 Å². The highest BCUT2D eigenvalue weighted by molar-refractivity contribution is 5.78. The van der Waals surface area contributed by atoms with E-state index in [4.69, 9.17) is 4.74 Å². The molecule has 0 bridgehead atoms. The molecule has 0 radical (unpaired) electrons. The van der Waals surface area contributed by atoms with Crippen LogP contribution in [0.25, 0.3) is 0 Å². The van der Waals surface area contributed by atoms with Crippen LogP contribution in [0.2, 0.25) is 0 Å². The Morgan fingerprint density at radius 3 is 2.78 bits per heavy atom. The zero-order chi connectivity index (χ0) is 16.1. The van der Waals surface area contributed by atoms with E-state index in [-0.39, 0.29) is 24.0 Å². The number of ether oxygens (including phenoxy) is 1. The third-order valence-corrected chi connectivity index (χ3v) is 4.80.